The monoisotopic (exact) mass is 382 g/mol. The third-order valence-corrected chi connectivity index (χ3v) is 3.71. The summed E-state index contributed by atoms with van der Waals surface area (Å²) in [6, 6.07) is 14.4. The molecular weight excluding hydrogens is 360 g/mol. The molecule has 0 atom stereocenters. The van der Waals surface area contributed by atoms with Crippen LogP contribution in [0.25, 0.3) is 0 Å². The topological polar surface area (TPSA) is 109 Å². The summed E-state index contributed by atoms with van der Waals surface area (Å²) >= 11 is 0. The van der Waals surface area contributed by atoms with Crippen LogP contribution in [0.5, 0.6) is 5.75 Å². The van der Waals surface area contributed by atoms with Gasteiger partial charge >= 0.3 is 11.8 Å². The molecule has 0 aliphatic carbocycles. The van der Waals surface area contributed by atoms with Crippen molar-refractivity contribution in [2.75, 3.05) is 19.0 Å². The van der Waals surface area contributed by atoms with Gasteiger partial charge in [0.05, 0.1) is 6.21 Å². The minimum atomic E-state index is -0.853. The molecule has 0 aromatic heterocycles. The number of nitrogens with zero attached hydrogens (tertiary/aromatic N) is 1. The van der Waals surface area contributed by atoms with Crippen LogP contribution in [0.1, 0.15) is 18.1 Å². The molecule has 2 aromatic carbocycles. The first-order valence-electron chi connectivity index (χ1n) is 8.68. The molecule has 0 spiro atoms. The molecule has 0 saturated heterocycles. The highest BCUT2D eigenvalue weighted by Gasteiger charge is 2.08. The lowest BCUT2D eigenvalue weighted by Crippen LogP contribution is -2.35. The zero-order valence-electron chi connectivity index (χ0n) is 15.7. The van der Waals surface area contributed by atoms with Crippen LogP contribution < -0.4 is 20.8 Å². The number of anilines is 1. The van der Waals surface area contributed by atoms with Crippen molar-refractivity contribution in [1.82, 2.24) is 10.7 Å². The Labute approximate surface area is 163 Å². The Bertz CT molecular complexity index is 846. The number of carbonyl (C=O) groups is 3. The highest BCUT2D eigenvalue weighted by molar-refractivity contribution is 6.34. The first-order valence-corrected chi connectivity index (χ1v) is 8.68. The summed E-state index contributed by atoms with van der Waals surface area (Å²) in [5.41, 5.74) is 4.71. The van der Waals surface area contributed by atoms with Gasteiger partial charge in [0.15, 0.2) is 6.61 Å². The maximum Gasteiger partial charge on any atom is 0.329 e. The van der Waals surface area contributed by atoms with E-state index in [4.69, 9.17) is 4.74 Å². The Balaban J connectivity index is 1.79. The van der Waals surface area contributed by atoms with E-state index in [0.29, 0.717) is 11.3 Å². The normalized spacial score (nSPS) is 10.4. The minimum absolute atomic E-state index is 0.120. The molecule has 0 heterocycles. The largest absolute Gasteiger partial charge is 0.484 e. The van der Waals surface area contributed by atoms with Gasteiger partial charge in [-0.2, -0.15) is 5.10 Å². The van der Waals surface area contributed by atoms with E-state index in [1.165, 1.54) is 18.8 Å². The molecule has 3 amide bonds. The lowest BCUT2D eigenvalue weighted by Gasteiger charge is -2.08. The van der Waals surface area contributed by atoms with E-state index >= 15 is 0 Å². The van der Waals surface area contributed by atoms with Gasteiger partial charge in [-0.3, -0.25) is 14.4 Å². The lowest BCUT2D eigenvalue weighted by atomic mass is 10.1. The average molecular weight is 382 g/mol. The minimum Gasteiger partial charge on any atom is -0.484 e. The van der Waals surface area contributed by atoms with Crippen molar-refractivity contribution < 1.29 is 19.1 Å². The number of rotatable bonds is 7. The van der Waals surface area contributed by atoms with Crippen molar-refractivity contribution in [1.29, 1.82) is 0 Å². The molecule has 2 rings (SSSR count). The lowest BCUT2D eigenvalue weighted by molar-refractivity contribution is -0.138. The molecule has 28 heavy (non-hydrogen) atoms. The van der Waals surface area contributed by atoms with E-state index in [-0.39, 0.29) is 12.5 Å². The molecule has 0 unspecified atom stereocenters. The van der Waals surface area contributed by atoms with Crippen LogP contribution in [0.4, 0.5) is 5.69 Å². The fraction of sp³-hybridized carbons (Fsp3) is 0.200. The van der Waals surface area contributed by atoms with Crippen LogP contribution in [0, 0.1) is 0 Å². The van der Waals surface area contributed by atoms with Crippen molar-refractivity contribution in [2.24, 2.45) is 5.10 Å². The van der Waals surface area contributed by atoms with Crippen molar-refractivity contribution in [3.8, 4) is 5.75 Å². The second-order valence-corrected chi connectivity index (χ2v) is 5.73. The summed E-state index contributed by atoms with van der Waals surface area (Å²) in [7, 11) is 1.35. The number of ether oxygens (including phenoxy) is 1. The third kappa shape index (κ3) is 6.56. The average Bonchev–Trinajstić information content (AvgIpc) is 2.73. The van der Waals surface area contributed by atoms with E-state index in [2.05, 4.69) is 28.1 Å². The van der Waals surface area contributed by atoms with Crippen molar-refractivity contribution in [2.45, 2.75) is 13.3 Å². The van der Waals surface area contributed by atoms with Crippen LogP contribution in [-0.4, -0.2) is 37.6 Å². The second kappa shape index (κ2) is 10.5. The molecule has 0 bridgehead atoms. The maximum absolute atomic E-state index is 12.0. The first-order chi connectivity index (χ1) is 13.5. The van der Waals surface area contributed by atoms with Crippen LogP contribution in [0.2, 0.25) is 0 Å². The van der Waals surface area contributed by atoms with E-state index in [9.17, 15) is 14.4 Å². The number of aryl methyl sites for hydroxylation is 1. The van der Waals surface area contributed by atoms with Gasteiger partial charge in [-0.1, -0.05) is 19.1 Å². The quantitative estimate of drug-likeness (QED) is 0.383. The molecule has 0 saturated carbocycles. The zero-order valence-corrected chi connectivity index (χ0v) is 15.7. The molecule has 2 aromatic rings. The van der Waals surface area contributed by atoms with E-state index in [1.54, 1.807) is 24.3 Å². The third-order valence-electron chi connectivity index (χ3n) is 3.71. The smallest absolute Gasteiger partial charge is 0.329 e. The Morgan fingerprint density at radius 3 is 2.29 bits per heavy atom. The number of hydrogen-bond acceptors (Lipinski definition) is 5. The SMILES string of the molecule is CCc1ccc(NC(=O)COc2ccc(/C=N\NC(=O)C(=O)NC)cc2)cc1. The van der Waals surface area contributed by atoms with Gasteiger partial charge in [-0.05, 0) is 53.9 Å². The molecule has 8 heteroatoms. The molecule has 146 valence electrons. The summed E-state index contributed by atoms with van der Waals surface area (Å²) in [5.74, 6) is -1.37. The predicted octanol–water partition coefficient (Wildman–Crippen LogP) is 1.46. The summed E-state index contributed by atoms with van der Waals surface area (Å²) in [6.45, 7) is 1.95. The van der Waals surface area contributed by atoms with E-state index < -0.39 is 11.8 Å². The van der Waals surface area contributed by atoms with Gasteiger partial charge in [-0.15, -0.1) is 0 Å². The Hall–Kier alpha value is -3.68. The van der Waals surface area contributed by atoms with E-state index in [1.807, 2.05) is 24.3 Å². The highest BCUT2D eigenvalue weighted by atomic mass is 16.5. The summed E-state index contributed by atoms with van der Waals surface area (Å²) < 4.78 is 5.45. The number of hydrogen-bond donors (Lipinski definition) is 3. The van der Waals surface area contributed by atoms with Gasteiger partial charge in [0.25, 0.3) is 5.91 Å². The number of amides is 3. The summed E-state index contributed by atoms with van der Waals surface area (Å²) in [6.07, 6.45) is 2.33. The van der Waals surface area contributed by atoms with Crippen LogP contribution in [-0.2, 0) is 20.8 Å². The number of likely N-dealkylation sites (N-methyl/N-ethyl adjacent to an activating group) is 1. The number of benzene rings is 2. The van der Waals surface area contributed by atoms with Gasteiger partial charge in [0.2, 0.25) is 0 Å². The first kappa shape index (κ1) is 20.6. The molecule has 0 fully saturated rings. The van der Waals surface area contributed by atoms with Crippen LogP contribution in [0.3, 0.4) is 0 Å². The Morgan fingerprint density at radius 2 is 1.68 bits per heavy atom. The fourth-order valence-electron chi connectivity index (χ4n) is 2.15. The molecule has 0 radical (unpaired) electrons. The van der Waals surface area contributed by atoms with Crippen molar-refractivity contribution in [3.05, 3.63) is 59.7 Å². The Morgan fingerprint density at radius 1 is 1.00 bits per heavy atom. The zero-order chi connectivity index (χ0) is 20.4. The van der Waals surface area contributed by atoms with Gasteiger partial charge in [-0.25, -0.2) is 5.43 Å². The number of nitrogens with one attached hydrogen (secondary N) is 3. The predicted molar refractivity (Wildman–Crippen MR) is 106 cm³/mol. The molecule has 8 nitrogen and oxygen atoms in total. The summed E-state index contributed by atoms with van der Waals surface area (Å²) in [4.78, 5) is 34.2. The number of hydrazone groups is 1. The Kier molecular flexibility index (Phi) is 7.71. The van der Waals surface area contributed by atoms with Crippen molar-refractivity contribution >= 4 is 29.6 Å². The van der Waals surface area contributed by atoms with E-state index in [0.717, 1.165) is 12.1 Å². The highest BCUT2D eigenvalue weighted by Crippen LogP contribution is 2.12. The number of carbonyl (C=O) groups excluding carboxylic acids is 3. The van der Waals surface area contributed by atoms with Gasteiger partial charge in [0, 0.05) is 12.7 Å². The molecule has 3 N–H and O–H groups in total. The maximum atomic E-state index is 12.0. The van der Waals surface area contributed by atoms with Gasteiger partial charge < -0.3 is 15.4 Å². The van der Waals surface area contributed by atoms with Crippen LogP contribution >= 0.6 is 0 Å². The van der Waals surface area contributed by atoms with Crippen LogP contribution in [0.15, 0.2) is 53.6 Å². The summed E-state index contributed by atoms with van der Waals surface area (Å²) in [5, 5.41) is 8.64. The molecule has 0 aliphatic heterocycles. The standard InChI is InChI=1S/C20H22N4O4/c1-3-14-4-8-16(9-5-14)23-18(25)13-28-17-10-6-15(7-11-17)12-22-24-20(27)19(26)21-2/h4-12H,3,13H2,1-2H3,(H,21,26)(H,23,25)(H,24,27)/b22-12-. The molecule has 0 aliphatic rings. The second-order valence-electron chi connectivity index (χ2n) is 5.73. The van der Waals surface area contributed by atoms with Gasteiger partial charge in [0.1, 0.15) is 5.75 Å². The molecular formula is C20H22N4O4. The van der Waals surface area contributed by atoms with Crippen molar-refractivity contribution in [3.63, 3.8) is 0 Å². The fourth-order valence-corrected chi connectivity index (χ4v) is 2.15.